The predicted molar refractivity (Wildman–Crippen MR) is 106 cm³/mol. The van der Waals surface area contributed by atoms with Gasteiger partial charge in [-0.3, -0.25) is 4.79 Å². The second kappa shape index (κ2) is 9.14. The quantitative estimate of drug-likeness (QED) is 0.563. The molecule has 0 atom stereocenters. The minimum Gasteiger partial charge on any atom is -0.489 e. The molecule has 0 fully saturated rings. The molecular weight excluding hydrogens is 381 g/mol. The molecule has 0 saturated carbocycles. The summed E-state index contributed by atoms with van der Waals surface area (Å²) in [6.07, 6.45) is -4.43. The molecule has 4 nitrogen and oxygen atoms in total. The SMILES string of the molecule is O=C(CNc1cccc(C(F)(F)F)c1)Nc1cccc(OCc2ccccc2)c1. The zero-order valence-electron chi connectivity index (χ0n) is 15.4. The van der Waals surface area contributed by atoms with Crippen LogP contribution < -0.4 is 15.4 Å². The van der Waals surface area contributed by atoms with Crippen molar-refractivity contribution in [2.75, 3.05) is 17.2 Å². The molecule has 0 heterocycles. The first kappa shape index (κ1) is 20.3. The highest BCUT2D eigenvalue weighted by molar-refractivity contribution is 5.93. The average molecular weight is 400 g/mol. The van der Waals surface area contributed by atoms with E-state index in [1.165, 1.54) is 12.1 Å². The average Bonchev–Trinajstić information content (AvgIpc) is 2.71. The van der Waals surface area contributed by atoms with Crippen LogP contribution in [0.15, 0.2) is 78.9 Å². The third-order valence-electron chi connectivity index (χ3n) is 4.01. The van der Waals surface area contributed by atoms with Crippen LogP contribution >= 0.6 is 0 Å². The molecule has 0 aliphatic carbocycles. The molecule has 0 radical (unpaired) electrons. The van der Waals surface area contributed by atoms with Crippen molar-refractivity contribution in [2.24, 2.45) is 0 Å². The maximum Gasteiger partial charge on any atom is 0.416 e. The summed E-state index contributed by atoms with van der Waals surface area (Å²) in [5.74, 6) is 0.208. The predicted octanol–water partition coefficient (Wildman–Crippen LogP) is 5.34. The highest BCUT2D eigenvalue weighted by Gasteiger charge is 2.30. The number of hydrogen-bond donors (Lipinski definition) is 2. The summed E-state index contributed by atoms with van der Waals surface area (Å²) in [4.78, 5) is 12.1. The number of alkyl halides is 3. The lowest BCUT2D eigenvalue weighted by Crippen LogP contribution is -2.22. The Kier molecular flexibility index (Phi) is 6.39. The Hall–Kier alpha value is -3.48. The first-order valence-corrected chi connectivity index (χ1v) is 8.88. The van der Waals surface area contributed by atoms with Gasteiger partial charge < -0.3 is 15.4 Å². The molecule has 0 aliphatic heterocycles. The van der Waals surface area contributed by atoms with Gasteiger partial charge in [-0.25, -0.2) is 0 Å². The van der Waals surface area contributed by atoms with Gasteiger partial charge in [-0.2, -0.15) is 13.2 Å². The van der Waals surface area contributed by atoms with Gasteiger partial charge in [0, 0.05) is 17.4 Å². The number of halogens is 3. The van der Waals surface area contributed by atoms with Crippen LogP contribution in [0.25, 0.3) is 0 Å². The minimum atomic E-state index is -4.43. The molecule has 29 heavy (non-hydrogen) atoms. The lowest BCUT2D eigenvalue weighted by Gasteiger charge is -2.12. The molecule has 3 aromatic carbocycles. The van der Waals surface area contributed by atoms with Crippen LogP contribution in [0.5, 0.6) is 5.75 Å². The van der Waals surface area contributed by atoms with Crippen LogP contribution in [0.1, 0.15) is 11.1 Å². The Labute approximate surface area is 166 Å². The van der Waals surface area contributed by atoms with E-state index >= 15 is 0 Å². The van der Waals surface area contributed by atoms with E-state index in [4.69, 9.17) is 4.74 Å². The summed E-state index contributed by atoms with van der Waals surface area (Å²) in [6, 6.07) is 21.3. The minimum absolute atomic E-state index is 0.170. The number of carbonyl (C=O) groups excluding carboxylic acids is 1. The molecule has 0 bridgehead atoms. The number of rotatable bonds is 7. The second-order valence-electron chi connectivity index (χ2n) is 6.28. The van der Waals surface area contributed by atoms with Crippen molar-refractivity contribution in [3.05, 3.63) is 90.0 Å². The van der Waals surface area contributed by atoms with E-state index < -0.39 is 11.7 Å². The molecule has 2 N–H and O–H groups in total. The zero-order valence-corrected chi connectivity index (χ0v) is 15.4. The Morgan fingerprint density at radius 3 is 2.34 bits per heavy atom. The van der Waals surface area contributed by atoms with Crippen molar-refractivity contribution in [2.45, 2.75) is 12.8 Å². The number of amides is 1. The molecule has 7 heteroatoms. The van der Waals surface area contributed by atoms with Gasteiger partial charge in [0.1, 0.15) is 12.4 Å². The fraction of sp³-hybridized carbons (Fsp3) is 0.136. The molecule has 0 spiro atoms. The molecule has 0 aromatic heterocycles. The van der Waals surface area contributed by atoms with Crippen molar-refractivity contribution in [3.8, 4) is 5.75 Å². The first-order valence-electron chi connectivity index (χ1n) is 8.88. The number of nitrogens with one attached hydrogen (secondary N) is 2. The standard InChI is InChI=1S/C22H19F3N2O2/c23-22(24,25)17-8-4-9-18(12-17)26-14-21(28)27-19-10-5-11-20(13-19)29-15-16-6-2-1-3-7-16/h1-13,26H,14-15H2,(H,27,28). The number of carbonyl (C=O) groups is 1. The van der Waals surface area contributed by atoms with E-state index in [0.29, 0.717) is 18.0 Å². The number of hydrogen-bond acceptors (Lipinski definition) is 3. The molecule has 3 aromatic rings. The molecule has 0 aliphatic rings. The fourth-order valence-corrected chi connectivity index (χ4v) is 2.60. The summed E-state index contributed by atoms with van der Waals surface area (Å²) in [5.41, 5.74) is 1.000. The lowest BCUT2D eigenvalue weighted by atomic mass is 10.2. The van der Waals surface area contributed by atoms with Gasteiger partial charge >= 0.3 is 6.18 Å². The monoisotopic (exact) mass is 400 g/mol. The van der Waals surface area contributed by atoms with Gasteiger partial charge in [-0.1, -0.05) is 42.5 Å². The Morgan fingerprint density at radius 2 is 1.59 bits per heavy atom. The van der Waals surface area contributed by atoms with Crippen molar-refractivity contribution >= 4 is 17.3 Å². The Bertz CT molecular complexity index is 960. The van der Waals surface area contributed by atoms with Gasteiger partial charge in [0.2, 0.25) is 5.91 Å². The van der Waals surface area contributed by atoms with Crippen molar-refractivity contribution in [1.82, 2.24) is 0 Å². The summed E-state index contributed by atoms with van der Waals surface area (Å²) in [7, 11) is 0. The number of benzene rings is 3. The smallest absolute Gasteiger partial charge is 0.416 e. The van der Waals surface area contributed by atoms with Gasteiger partial charge in [0.05, 0.1) is 12.1 Å². The van der Waals surface area contributed by atoms with E-state index in [1.807, 2.05) is 30.3 Å². The molecule has 150 valence electrons. The molecule has 0 unspecified atom stereocenters. The van der Waals surface area contributed by atoms with E-state index in [-0.39, 0.29) is 18.1 Å². The topological polar surface area (TPSA) is 50.4 Å². The third kappa shape index (κ3) is 6.27. The molecule has 0 saturated heterocycles. The summed E-state index contributed by atoms with van der Waals surface area (Å²) >= 11 is 0. The van der Waals surface area contributed by atoms with E-state index in [2.05, 4.69) is 10.6 Å². The van der Waals surface area contributed by atoms with Crippen molar-refractivity contribution in [1.29, 1.82) is 0 Å². The third-order valence-corrected chi connectivity index (χ3v) is 4.01. The Morgan fingerprint density at radius 1 is 0.862 bits per heavy atom. The van der Waals surface area contributed by atoms with Crippen LogP contribution in [-0.4, -0.2) is 12.5 Å². The van der Waals surface area contributed by atoms with Crippen molar-refractivity contribution < 1.29 is 22.7 Å². The molecule has 3 rings (SSSR count). The van der Waals surface area contributed by atoms with Gasteiger partial charge in [0.25, 0.3) is 0 Å². The second-order valence-corrected chi connectivity index (χ2v) is 6.28. The zero-order chi connectivity index (χ0) is 20.7. The maximum atomic E-state index is 12.7. The van der Waals surface area contributed by atoms with Gasteiger partial charge in [-0.05, 0) is 35.9 Å². The lowest BCUT2D eigenvalue weighted by molar-refractivity contribution is -0.137. The highest BCUT2D eigenvalue weighted by Crippen LogP contribution is 2.30. The van der Waals surface area contributed by atoms with Crippen LogP contribution in [0, 0.1) is 0 Å². The Balaban J connectivity index is 1.53. The largest absolute Gasteiger partial charge is 0.489 e. The van der Waals surface area contributed by atoms with Crippen LogP contribution in [-0.2, 0) is 17.6 Å². The van der Waals surface area contributed by atoms with E-state index in [9.17, 15) is 18.0 Å². The number of ether oxygens (including phenoxy) is 1. The van der Waals surface area contributed by atoms with E-state index in [0.717, 1.165) is 17.7 Å². The summed E-state index contributed by atoms with van der Waals surface area (Å²) < 4.78 is 43.9. The van der Waals surface area contributed by atoms with Gasteiger partial charge in [-0.15, -0.1) is 0 Å². The first-order chi connectivity index (χ1) is 13.9. The summed E-state index contributed by atoms with van der Waals surface area (Å²) in [6.45, 7) is 0.228. The maximum absolute atomic E-state index is 12.7. The van der Waals surface area contributed by atoms with Crippen LogP contribution in [0.3, 0.4) is 0 Å². The van der Waals surface area contributed by atoms with E-state index in [1.54, 1.807) is 24.3 Å². The fourth-order valence-electron chi connectivity index (χ4n) is 2.60. The van der Waals surface area contributed by atoms with Crippen LogP contribution in [0.4, 0.5) is 24.5 Å². The number of anilines is 2. The van der Waals surface area contributed by atoms with Gasteiger partial charge in [0.15, 0.2) is 0 Å². The highest BCUT2D eigenvalue weighted by atomic mass is 19.4. The van der Waals surface area contributed by atoms with Crippen molar-refractivity contribution in [3.63, 3.8) is 0 Å². The normalized spacial score (nSPS) is 11.0. The molecular formula is C22H19F3N2O2. The summed E-state index contributed by atoms with van der Waals surface area (Å²) in [5, 5.41) is 5.39. The molecule has 1 amide bonds. The van der Waals surface area contributed by atoms with Crippen LogP contribution in [0.2, 0.25) is 0 Å².